The molecule has 1 aromatic carbocycles. The fraction of sp³-hybridized carbons (Fsp3) is 0.333. The van der Waals surface area contributed by atoms with Crippen LogP contribution < -0.4 is 10.1 Å². The van der Waals surface area contributed by atoms with Crippen molar-refractivity contribution in [2.75, 3.05) is 21.3 Å². The van der Waals surface area contributed by atoms with Crippen LogP contribution in [0.15, 0.2) is 23.4 Å². The van der Waals surface area contributed by atoms with E-state index in [0.717, 1.165) is 0 Å². The third-order valence-corrected chi connectivity index (χ3v) is 4.59. The summed E-state index contributed by atoms with van der Waals surface area (Å²) in [4.78, 5) is 25.6. The van der Waals surface area contributed by atoms with Crippen molar-refractivity contribution in [2.45, 2.75) is 13.0 Å². The molecule has 0 saturated carbocycles. The van der Waals surface area contributed by atoms with Crippen LogP contribution in [0.3, 0.4) is 0 Å². The lowest BCUT2D eigenvalue weighted by molar-refractivity contribution is -0.136. The fourth-order valence-electron chi connectivity index (χ4n) is 2.38. The number of methoxy groups -OCH3 is 2. The van der Waals surface area contributed by atoms with Gasteiger partial charge in [0.1, 0.15) is 0 Å². The minimum Gasteiger partial charge on any atom is -0.504 e. The Kier molecular flexibility index (Phi) is 5.03. The highest BCUT2D eigenvalue weighted by molar-refractivity contribution is 14.1. The first-order valence-corrected chi connectivity index (χ1v) is 7.79. The number of allylic oxidation sites excluding steroid dienone is 1. The number of rotatable bonds is 3. The number of phenolic OH excluding ortho intramolecular Hbond substituents is 1. The third-order valence-electron chi connectivity index (χ3n) is 3.76. The van der Waals surface area contributed by atoms with Crippen LogP contribution in [-0.2, 0) is 9.53 Å². The molecule has 0 radical (unpaired) electrons. The van der Waals surface area contributed by atoms with Crippen LogP contribution in [0.25, 0.3) is 0 Å². The number of ether oxygens (including phenoxy) is 2. The topological polar surface area (TPSA) is 88.1 Å². The van der Waals surface area contributed by atoms with E-state index in [1.165, 1.54) is 19.1 Å². The summed E-state index contributed by atoms with van der Waals surface area (Å²) in [6, 6.07) is 2.26. The second kappa shape index (κ2) is 6.65. The van der Waals surface area contributed by atoms with Crippen LogP contribution in [0.1, 0.15) is 18.5 Å². The highest BCUT2D eigenvalue weighted by atomic mass is 127. The maximum Gasteiger partial charge on any atom is 0.337 e. The minimum atomic E-state index is -0.686. The Morgan fingerprint density at radius 1 is 1.39 bits per heavy atom. The fourth-order valence-corrected chi connectivity index (χ4v) is 3.00. The smallest absolute Gasteiger partial charge is 0.337 e. The van der Waals surface area contributed by atoms with E-state index in [1.54, 1.807) is 26.1 Å². The number of phenols is 1. The number of nitrogens with one attached hydrogen (secondary N) is 1. The molecule has 7 nitrogen and oxygen atoms in total. The molecule has 23 heavy (non-hydrogen) atoms. The highest BCUT2D eigenvalue weighted by Crippen LogP contribution is 2.38. The summed E-state index contributed by atoms with van der Waals surface area (Å²) < 4.78 is 10.5. The molecule has 1 unspecified atom stereocenters. The maximum atomic E-state index is 12.2. The second-order valence-corrected chi connectivity index (χ2v) is 6.15. The van der Waals surface area contributed by atoms with Crippen molar-refractivity contribution in [3.8, 4) is 11.5 Å². The van der Waals surface area contributed by atoms with E-state index in [9.17, 15) is 14.7 Å². The van der Waals surface area contributed by atoms with E-state index < -0.39 is 12.0 Å². The summed E-state index contributed by atoms with van der Waals surface area (Å²) >= 11 is 1.96. The number of carbonyl (C=O) groups excluding carboxylic acids is 2. The second-order valence-electron chi connectivity index (χ2n) is 4.99. The van der Waals surface area contributed by atoms with Crippen molar-refractivity contribution in [3.63, 3.8) is 0 Å². The minimum absolute atomic E-state index is 0.0106. The molecule has 124 valence electrons. The molecule has 0 aromatic heterocycles. The molecule has 0 bridgehead atoms. The van der Waals surface area contributed by atoms with Crippen LogP contribution in [0.4, 0.5) is 4.79 Å². The molecule has 2 amide bonds. The van der Waals surface area contributed by atoms with E-state index in [4.69, 9.17) is 9.47 Å². The number of urea groups is 1. The largest absolute Gasteiger partial charge is 0.504 e. The molecule has 2 rings (SSSR count). The molecule has 1 heterocycles. The van der Waals surface area contributed by atoms with Crippen LogP contribution in [-0.4, -0.2) is 43.3 Å². The first-order chi connectivity index (χ1) is 10.8. The van der Waals surface area contributed by atoms with Crippen molar-refractivity contribution in [3.05, 3.63) is 32.5 Å². The average molecular weight is 432 g/mol. The zero-order valence-electron chi connectivity index (χ0n) is 13.1. The van der Waals surface area contributed by atoms with E-state index in [-0.39, 0.29) is 17.5 Å². The average Bonchev–Trinajstić information content (AvgIpc) is 2.54. The van der Waals surface area contributed by atoms with Crippen molar-refractivity contribution in [2.24, 2.45) is 0 Å². The summed E-state index contributed by atoms with van der Waals surface area (Å²) in [6.07, 6.45) is 0. The summed E-state index contributed by atoms with van der Waals surface area (Å²) in [6.45, 7) is 1.68. The molecule has 1 atom stereocenters. The van der Waals surface area contributed by atoms with Gasteiger partial charge in [-0.15, -0.1) is 0 Å². The zero-order chi connectivity index (χ0) is 17.3. The van der Waals surface area contributed by atoms with Gasteiger partial charge in [-0.2, -0.15) is 0 Å². The number of halogens is 1. The van der Waals surface area contributed by atoms with E-state index in [2.05, 4.69) is 5.32 Å². The number of esters is 1. The van der Waals surface area contributed by atoms with Crippen molar-refractivity contribution < 1.29 is 24.2 Å². The standard InChI is InChI=1S/C15H17IN2O5/c1-7-11(14(20)23-4)12(17-15(21)18(7)2)8-5-9(16)13(19)10(6-8)22-3/h5-6,12,19H,1-4H3,(H,17,21). The van der Waals surface area contributed by atoms with Crippen molar-refractivity contribution >= 4 is 34.6 Å². The normalized spacial score (nSPS) is 17.9. The number of nitrogens with zero attached hydrogens (tertiary/aromatic N) is 1. The Hall–Kier alpha value is -1.97. The van der Waals surface area contributed by atoms with Crippen LogP contribution in [0.2, 0.25) is 0 Å². The quantitative estimate of drug-likeness (QED) is 0.565. The van der Waals surface area contributed by atoms with Gasteiger partial charge in [-0.25, -0.2) is 9.59 Å². The van der Waals surface area contributed by atoms with E-state index in [1.807, 2.05) is 22.6 Å². The number of benzene rings is 1. The number of aromatic hydroxyl groups is 1. The van der Waals surface area contributed by atoms with Gasteiger partial charge in [0.05, 0.1) is 29.4 Å². The maximum absolute atomic E-state index is 12.2. The zero-order valence-corrected chi connectivity index (χ0v) is 15.3. The predicted molar refractivity (Wildman–Crippen MR) is 91.1 cm³/mol. The Bertz CT molecular complexity index is 701. The number of carbonyl (C=O) groups is 2. The summed E-state index contributed by atoms with van der Waals surface area (Å²) in [7, 11) is 4.30. The summed E-state index contributed by atoms with van der Waals surface area (Å²) in [5, 5.41) is 12.7. The predicted octanol–water partition coefficient (Wildman–Crippen LogP) is 2.15. The molecular weight excluding hydrogens is 415 g/mol. The molecular formula is C15H17IN2O5. The third kappa shape index (κ3) is 3.07. The lowest BCUT2D eigenvalue weighted by Crippen LogP contribution is -2.46. The molecule has 1 aliphatic rings. The van der Waals surface area contributed by atoms with E-state index in [0.29, 0.717) is 20.4 Å². The molecule has 0 aliphatic carbocycles. The van der Waals surface area contributed by atoms with Gasteiger partial charge in [-0.3, -0.25) is 0 Å². The highest BCUT2D eigenvalue weighted by Gasteiger charge is 2.35. The molecule has 0 spiro atoms. The molecule has 0 fully saturated rings. The van der Waals surface area contributed by atoms with Gasteiger partial charge >= 0.3 is 12.0 Å². The van der Waals surface area contributed by atoms with Crippen LogP contribution >= 0.6 is 22.6 Å². The SMILES string of the molecule is COC(=O)C1=C(C)N(C)C(=O)NC1c1cc(I)c(O)c(OC)c1. The summed E-state index contributed by atoms with van der Waals surface area (Å²) in [5.74, 6) is -0.250. The number of amides is 2. The monoisotopic (exact) mass is 432 g/mol. The lowest BCUT2D eigenvalue weighted by atomic mass is 9.94. The summed E-state index contributed by atoms with van der Waals surface area (Å²) in [5.41, 5.74) is 1.45. The Morgan fingerprint density at radius 2 is 2.04 bits per heavy atom. The molecule has 1 aliphatic heterocycles. The first kappa shape index (κ1) is 17.4. The van der Waals surface area contributed by atoms with Crippen LogP contribution in [0, 0.1) is 3.57 Å². The Morgan fingerprint density at radius 3 is 2.61 bits per heavy atom. The lowest BCUT2D eigenvalue weighted by Gasteiger charge is -2.33. The molecule has 0 saturated heterocycles. The van der Waals surface area contributed by atoms with Crippen LogP contribution in [0.5, 0.6) is 11.5 Å². The van der Waals surface area contributed by atoms with Gasteiger partial charge in [0, 0.05) is 12.7 Å². The Balaban J connectivity index is 2.62. The molecule has 1 aromatic rings. The van der Waals surface area contributed by atoms with E-state index >= 15 is 0 Å². The van der Waals surface area contributed by atoms with Gasteiger partial charge in [0.25, 0.3) is 0 Å². The molecule has 8 heteroatoms. The van der Waals surface area contributed by atoms with Gasteiger partial charge in [-0.1, -0.05) is 0 Å². The Labute approximate surface area is 147 Å². The molecule has 2 N–H and O–H groups in total. The number of hydrogen-bond donors (Lipinski definition) is 2. The van der Waals surface area contributed by atoms with Gasteiger partial charge < -0.3 is 24.8 Å². The van der Waals surface area contributed by atoms with Crippen molar-refractivity contribution in [1.29, 1.82) is 0 Å². The number of hydrogen-bond acceptors (Lipinski definition) is 5. The first-order valence-electron chi connectivity index (χ1n) is 6.71. The van der Waals surface area contributed by atoms with Crippen molar-refractivity contribution in [1.82, 2.24) is 10.2 Å². The van der Waals surface area contributed by atoms with Gasteiger partial charge in [-0.05, 0) is 47.2 Å². The van der Waals surface area contributed by atoms with Gasteiger partial charge in [0.15, 0.2) is 11.5 Å². The van der Waals surface area contributed by atoms with Gasteiger partial charge in [0.2, 0.25) is 0 Å².